The maximum absolute atomic E-state index is 12.3. The third kappa shape index (κ3) is 4.25. The van der Waals surface area contributed by atoms with Gasteiger partial charge in [0.25, 0.3) is 5.91 Å². The highest BCUT2D eigenvalue weighted by Crippen LogP contribution is 2.28. The van der Waals surface area contributed by atoms with E-state index in [1.54, 1.807) is 18.2 Å². The first-order chi connectivity index (χ1) is 14.8. The summed E-state index contributed by atoms with van der Waals surface area (Å²) in [6.07, 6.45) is 0. The van der Waals surface area contributed by atoms with Crippen LogP contribution >= 0.6 is 11.8 Å². The molecule has 8 heteroatoms. The summed E-state index contributed by atoms with van der Waals surface area (Å²) in [4.78, 5) is 24.5. The Bertz CT molecular complexity index is 1330. The molecule has 2 heterocycles. The molecule has 0 bridgehead atoms. The Morgan fingerprint density at radius 2 is 1.74 bits per heavy atom. The van der Waals surface area contributed by atoms with Gasteiger partial charge in [0.05, 0.1) is 11.3 Å². The van der Waals surface area contributed by atoms with Crippen molar-refractivity contribution in [2.75, 3.05) is 5.75 Å². The fourth-order valence-corrected chi connectivity index (χ4v) is 4.34. The SMILES string of the molecule is Cc1cccc(C(=O)NNC(=O)CSc2nnc3c(C)cc4c(C)cc(C)cc4n23)c1. The van der Waals surface area contributed by atoms with Gasteiger partial charge in [-0.15, -0.1) is 10.2 Å². The van der Waals surface area contributed by atoms with Crippen molar-refractivity contribution in [3.63, 3.8) is 0 Å². The Labute approximate surface area is 184 Å². The lowest BCUT2D eigenvalue weighted by molar-refractivity contribution is -0.119. The van der Waals surface area contributed by atoms with E-state index in [0.29, 0.717) is 10.7 Å². The molecule has 7 nitrogen and oxygen atoms in total. The number of nitrogens with zero attached hydrogens (tertiary/aromatic N) is 3. The first-order valence-corrected chi connectivity index (χ1v) is 10.9. The van der Waals surface area contributed by atoms with Crippen molar-refractivity contribution in [2.24, 2.45) is 0 Å². The van der Waals surface area contributed by atoms with E-state index in [-0.39, 0.29) is 17.6 Å². The van der Waals surface area contributed by atoms with Crippen LogP contribution in [-0.2, 0) is 4.79 Å². The van der Waals surface area contributed by atoms with Crippen molar-refractivity contribution < 1.29 is 9.59 Å². The molecule has 2 aromatic carbocycles. The van der Waals surface area contributed by atoms with Crippen molar-refractivity contribution in [3.05, 3.63) is 70.3 Å². The van der Waals surface area contributed by atoms with Gasteiger partial charge in [0.15, 0.2) is 10.8 Å². The number of benzene rings is 2. The molecule has 0 aliphatic rings. The smallest absolute Gasteiger partial charge is 0.269 e. The van der Waals surface area contributed by atoms with Gasteiger partial charge in [-0.2, -0.15) is 0 Å². The summed E-state index contributed by atoms with van der Waals surface area (Å²) in [5.74, 6) is -0.593. The normalized spacial score (nSPS) is 11.1. The molecule has 2 N–H and O–H groups in total. The molecule has 0 spiro atoms. The van der Waals surface area contributed by atoms with Gasteiger partial charge < -0.3 is 0 Å². The first kappa shape index (κ1) is 20.9. The van der Waals surface area contributed by atoms with Crippen LogP contribution in [0.25, 0.3) is 16.6 Å². The molecule has 2 aromatic heterocycles. The fraction of sp³-hybridized carbons (Fsp3) is 0.217. The van der Waals surface area contributed by atoms with E-state index in [4.69, 9.17) is 0 Å². The van der Waals surface area contributed by atoms with E-state index >= 15 is 0 Å². The minimum Gasteiger partial charge on any atom is -0.272 e. The minimum atomic E-state index is -0.359. The number of thioether (sulfide) groups is 1. The number of aryl methyl sites for hydroxylation is 4. The zero-order valence-electron chi connectivity index (χ0n) is 17.8. The van der Waals surface area contributed by atoms with Gasteiger partial charge in [-0.25, -0.2) is 0 Å². The summed E-state index contributed by atoms with van der Waals surface area (Å²) in [5.41, 5.74) is 11.5. The summed E-state index contributed by atoms with van der Waals surface area (Å²) in [7, 11) is 0. The number of fused-ring (bicyclic) bond motifs is 3. The highest BCUT2D eigenvalue weighted by molar-refractivity contribution is 7.99. The average Bonchev–Trinajstić information content (AvgIpc) is 3.16. The van der Waals surface area contributed by atoms with E-state index in [0.717, 1.165) is 33.2 Å². The molecule has 0 aliphatic carbocycles. The van der Waals surface area contributed by atoms with E-state index in [9.17, 15) is 9.59 Å². The second-order valence-electron chi connectivity index (χ2n) is 7.64. The molecule has 4 rings (SSSR count). The van der Waals surface area contributed by atoms with Crippen molar-refractivity contribution >= 4 is 40.1 Å². The molecule has 0 radical (unpaired) electrons. The Morgan fingerprint density at radius 1 is 0.935 bits per heavy atom. The van der Waals surface area contributed by atoms with Crippen molar-refractivity contribution in [3.8, 4) is 0 Å². The molecule has 0 saturated heterocycles. The number of pyridine rings is 1. The summed E-state index contributed by atoms with van der Waals surface area (Å²) in [5, 5.41) is 10.4. The quantitative estimate of drug-likeness (QED) is 0.379. The zero-order chi connectivity index (χ0) is 22.1. The second-order valence-corrected chi connectivity index (χ2v) is 8.59. The summed E-state index contributed by atoms with van der Waals surface area (Å²) in [6, 6.07) is 13.5. The number of hydrogen-bond donors (Lipinski definition) is 2. The Kier molecular flexibility index (Phi) is 5.65. The molecule has 2 amide bonds. The van der Waals surface area contributed by atoms with Gasteiger partial charge in [-0.3, -0.25) is 24.8 Å². The summed E-state index contributed by atoms with van der Waals surface area (Å²) >= 11 is 1.28. The molecular weight excluding hydrogens is 410 g/mol. The van der Waals surface area contributed by atoms with Crippen molar-refractivity contribution in [1.82, 2.24) is 25.4 Å². The minimum absolute atomic E-state index is 0.0924. The van der Waals surface area contributed by atoms with E-state index in [1.807, 2.05) is 24.3 Å². The molecule has 0 unspecified atom stereocenters. The molecule has 0 atom stereocenters. The third-order valence-electron chi connectivity index (χ3n) is 5.03. The van der Waals surface area contributed by atoms with Gasteiger partial charge in [0, 0.05) is 10.9 Å². The first-order valence-electron chi connectivity index (χ1n) is 9.88. The molecule has 0 saturated carbocycles. The number of hydrogen-bond acceptors (Lipinski definition) is 5. The van der Waals surface area contributed by atoms with Crippen LogP contribution < -0.4 is 10.9 Å². The van der Waals surface area contributed by atoms with Crippen LogP contribution in [0, 0.1) is 27.7 Å². The van der Waals surface area contributed by atoms with Crippen LogP contribution in [0.4, 0.5) is 0 Å². The van der Waals surface area contributed by atoms with Crippen LogP contribution in [0.5, 0.6) is 0 Å². The maximum Gasteiger partial charge on any atom is 0.269 e. The lowest BCUT2D eigenvalue weighted by Crippen LogP contribution is -2.42. The van der Waals surface area contributed by atoms with Gasteiger partial charge in [-0.05, 0) is 68.7 Å². The number of rotatable bonds is 4. The average molecular weight is 434 g/mol. The highest BCUT2D eigenvalue weighted by atomic mass is 32.2. The van der Waals surface area contributed by atoms with E-state index in [2.05, 4.69) is 53.1 Å². The Balaban J connectivity index is 1.50. The largest absolute Gasteiger partial charge is 0.272 e. The topological polar surface area (TPSA) is 88.4 Å². The van der Waals surface area contributed by atoms with E-state index in [1.165, 1.54) is 17.3 Å². The number of hydrazine groups is 1. The van der Waals surface area contributed by atoms with Crippen LogP contribution in [-0.4, -0.2) is 32.2 Å². The lowest BCUT2D eigenvalue weighted by Gasteiger charge is -2.10. The predicted octanol–water partition coefficient (Wildman–Crippen LogP) is 3.67. The number of carbonyl (C=O) groups is 2. The molecule has 31 heavy (non-hydrogen) atoms. The number of aromatic nitrogens is 3. The predicted molar refractivity (Wildman–Crippen MR) is 122 cm³/mol. The molecular formula is C23H23N5O2S. The maximum atomic E-state index is 12.3. The van der Waals surface area contributed by atoms with Gasteiger partial charge in [0.1, 0.15) is 0 Å². The Hall–Kier alpha value is -3.39. The van der Waals surface area contributed by atoms with Crippen LogP contribution in [0.1, 0.15) is 32.6 Å². The molecule has 158 valence electrons. The fourth-order valence-electron chi connectivity index (χ4n) is 3.60. The van der Waals surface area contributed by atoms with Crippen LogP contribution in [0.3, 0.4) is 0 Å². The molecule has 0 aliphatic heterocycles. The van der Waals surface area contributed by atoms with Crippen molar-refractivity contribution in [1.29, 1.82) is 0 Å². The summed E-state index contributed by atoms with van der Waals surface area (Å²) in [6.45, 7) is 8.05. The van der Waals surface area contributed by atoms with Gasteiger partial charge in [0.2, 0.25) is 5.91 Å². The van der Waals surface area contributed by atoms with Crippen LogP contribution in [0.15, 0.2) is 47.6 Å². The molecule has 4 aromatic rings. The standard InChI is InChI=1S/C23H23N5O2S/c1-13-6-5-7-17(9-13)22(30)26-24-20(29)12-31-23-27-25-21-16(4)11-18-15(3)8-14(2)10-19(18)28(21)23/h5-11H,12H2,1-4H3,(H,24,29)(H,26,30). The van der Waals surface area contributed by atoms with Gasteiger partial charge in [-0.1, -0.05) is 35.5 Å². The second kappa shape index (κ2) is 8.39. The summed E-state index contributed by atoms with van der Waals surface area (Å²) < 4.78 is 1.99. The number of amides is 2. The monoisotopic (exact) mass is 433 g/mol. The van der Waals surface area contributed by atoms with Gasteiger partial charge >= 0.3 is 0 Å². The van der Waals surface area contributed by atoms with E-state index < -0.39 is 0 Å². The molecule has 0 fully saturated rings. The number of carbonyl (C=O) groups excluding carboxylic acids is 2. The zero-order valence-corrected chi connectivity index (χ0v) is 18.6. The lowest BCUT2D eigenvalue weighted by atomic mass is 10.0. The van der Waals surface area contributed by atoms with Crippen LogP contribution in [0.2, 0.25) is 0 Å². The highest BCUT2D eigenvalue weighted by Gasteiger charge is 2.15. The Morgan fingerprint density at radius 3 is 2.52 bits per heavy atom. The number of nitrogens with one attached hydrogen (secondary N) is 2. The third-order valence-corrected chi connectivity index (χ3v) is 5.95. The van der Waals surface area contributed by atoms with Crippen molar-refractivity contribution in [2.45, 2.75) is 32.9 Å².